The van der Waals surface area contributed by atoms with E-state index in [9.17, 15) is 9.90 Å². The number of imidazole rings is 1. The van der Waals surface area contributed by atoms with Gasteiger partial charge in [-0.15, -0.1) is 0 Å². The fraction of sp³-hybridized carbons (Fsp3) is 0. The number of aromatic amines is 2. The van der Waals surface area contributed by atoms with Gasteiger partial charge in [0, 0.05) is 10.8 Å². The van der Waals surface area contributed by atoms with E-state index < -0.39 is 5.56 Å². The Morgan fingerprint density at radius 1 is 0.880 bits per heavy atom. The summed E-state index contributed by atoms with van der Waals surface area (Å²) in [6.45, 7) is 0. The predicted octanol–water partition coefficient (Wildman–Crippen LogP) is 3.33. The van der Waals surface area contributed by atoms with Crippen LogP contribution in [-0.2, 0) is 0 Å². The Morgan fingerprint density at radius 3 is 2.60 bits per heavy atom. The van der Waals surface area contributed by atoms with Gasteiger partial charge in [0.25, 0.3) is 5.56 Å². The molecule has 0 aliphatic heterocycles. The average Bonchev–Trinajstić information content (AvgIpc) is 3.01. The first-order valence-corrected chi connectivity index (χ1v) is 7.80. The highest BCUT2D eigenvalue weighted by Gasteiger charge is 2.17. The van der Waals surface area contributed by atoms with Crippen LogP contribution in [0.15, 0.2) is 59.4 Å². The Balaban J connectivity index is 1.82. The molecule has 0 radical (unpaired) electrons. The number of pyridine rings is 2. The van der Waals surface area contributed by atoms with Crippen molar-refractivity contribution in [2.24, 2.45) is 0 Å². The van der Waals surface area contributed by atoms with E-state index in [0.29, 0.717) is 27.9 Å². The first-order valence-electron chi connectivity index (χ1n) is 7.80. The molecule has 0 fully saturated rings. The van der Waals surface area contributed by atoms with Crippen LogP contribution in [0.1, 0.15) is 0 Å². The van der Waals surface area contributed by atoms with Crippen LogP contribution in [0, 0.1) is 0 Å². The van der Waals surface area contributed by atoms with Gasteiger partial charge in [-0.3, -0.25) is 4.79 Å². The number of para-hydroxylation sites is 2. The molecule has 0 atom stereocenters. The second-order valence-electron chi connectivity index (χ2n) is 5.86. The van der Waals surface area contributed by atoms with Gasteiger partial charge in [0.1, 0.15) is 17.1 Å². The Hall–Kier alpha value is -3.67. The summed E-state index contributed by atoms with van der Waals surface area (Å²) in [4.78, 5) is 27.3. The van der Waals surface area contributed by atoms with E-state index in [4.69, 9.17) is 0 Å². The number of H-pyrrole nitrogens is 2. The fourth-order valence-electron chi connectivity index (χ4n) is 3.11. The van der Waals surface area contributed by atoms with Gasteiger partial charge in [-0.2, -0.15) is 0 Å². The number of hydrogen-bond donors (Lipinski definition) is 3. The molecule has 6 nitrogen and oxygen atoms in total. The highest BCUT2D eigenvalue weighted by molar-refractivity contribution is 5.93. The van der Waals surface area contributed by atoms with E-state index in [1.807, 2.05) is 30.3 Å². The minimum Gasteiger partial charge on any atom is -0.506 e. The Labute approximate surface area is 140 Å². The third-order valence-electron chi connectivity index (χ3n) is 4.31. The number of nitrogens with zero attached hydrogens (tertiary/aromatic N) is 2. The molecule has 0 aliphatic rings. The van der Waals surface area contributed by atoms with Crippen molar-refractivity contribution < 1.29 is 5.11 Å². The molecule has 3 aromatic heterocycles. The summed E-state index contributed by atoms with van der Waals surface area (Å²) in [5.41, 5.74) is 2.32. The van der Waals surface area contributed by atoms with Crippen LogP contribution in [0.3, 0.4) is 0 Å². The predicted molar refractivity (Wildman–Crippen MR) is 96.6 cm³/mol. The number of nitrogens with one attached hydrogen (secondary N) is 2. The van der Waals surface area contributed by atoms with Gasteiger partial charge < -0.3 is 15.1 Å². The SMILES string of the molecule is O=c1[nH]c2ccccc2c(O)c1-c1nc2nc3ccccc3cc2[nH]1. The maximum Gasteiger partial charge on any atom is 0.263 e. The van der Waals surface area contributed by atoms with E-state index in [0.717, 1.165) is 10.9 Å². The summed E-state index contributed by atoms with van der Waals surface area (Å²) in [7, 11) is 0. The van der Waals surface area contributed by atoms with E-state index in [1.54, 1.807) is 24.3 Å². The zero-order valence-corrected chi connectivity index (χ0v) is 12.9. The Morgan fingerprint density at radius 2 is 1.68 bits per heavy atom. The third kappa shape index (κ3) is 2.01. The standard InChI is InChI=1S/C19H12N4O2/c24-16-11-6-2-4-8-13(11)22-19(25)15(16)18-21-14-9-10-5-1-3-7-12(10)20-17(14)23-18/h1-9H,(H,20,21,23)(H2,22,24,25). The summed E-state index contributed by atoms with van der Waals surface area (Å²) in [5.74, 6) is 0.199. The van der Waals surface area contributed by atoms with E-state index >= 15 is 0 Å². The molecule has 5 rings (SSSR count). The molecule has 3 heterocycles. The number of aromatic nitrogens is 4. The topological polar surface area (TPSA) is 94.7 Å². The van der Waals surface area contributed by atoms with Crippen LogP contribution in [-0.4, -0.2) is 25.0 Å². The zero-order valence-electron chi connectivity index (χ0n) is 12.9. The zero-order chi connectivity index (χ0) is 17.0. The van der Waals surface area contributed by atoms with Gasteiger partial charge in [-0.05, 0) is 24.3 Å². The van der Waals surface area contributed by atoms with E-state index in [1.165, 1.54) is 0 Å². The second-order valence-corrected chi connectivity index (χ2v) is 5.86. The monoisotopic (exact) mass is 328 g/mol. The van der Waals surface area contributed by atoms with Gasteiger partial charge in [0.15, 0.2) is 5.65 Å². The lowest BCUT2D eigenvalue weighted by Gasteiger charge is -2.04. The molecule has 0 aliphatic carbocycles. The van der Waals surface area contributed by atoms with Crippen LogP contribution < -0.4 is 5.56 Å². The summed E-state index contributed by atoms with van der Waals surface area (Å²) < 4.78 is 0. The molecule has 6 heteroatoms. The molecule has 120 valence electrons. The molecule has 0 spiro atoms. The lowest BCUT2D eigenvalue weighted by molar-refractivity contribution is 0.482. The van der Waals surface area contributed by atoms with Gasteiger partial charge in [0.2, 0.25) is 0 Å². The van der Waals surface area contributed by atoms with E-state index in [2.05, 4.69) is 19.9 Å². The van der Waals surface area contributed by atoms with Crippen molar-refractivity contribution in [2.45, 2.75) is 0 Å². The molecule has 2 aromatic carbocycles. The molecule has 0 bridgehead atoms. The summed E-state index contributed by atoms with van der Waals surface area (Å²) in [6, 6.07) is 16.7. The summed E-state index contributed by atoms with van der Waals surface area (Å²) in [6.07, 6.45) is 0. The average molecular weight is 328 g/mol. The molecular weight excluding hydrogens is 316 g/mol. The number of rotatable bonds is 1. The van der Waals surface area contributed by atoms with Crippen LogP contribution in [0.25, 0.3) is 44.4 Å². The lowest BCUT2D eigenvalue weighted by Crippen LogP contribution is -2.10. The van der Waals surface area contributed by atoms with Gasteiger partial charge in [-0.1, -0.05) is 30.3 Å². The van der Waals surface area contributed by atoms with Crippen molar-refractivity contribution in [3.8, 4) is 17.1 Å². The highest BCUT2D eigenvalue weighted by atomic mass is 16.3. The molecular formula is C19H12N4O2. The number of aromatic hydroxyl groups is 1. The van der Waals surface area contributed by atoms with Gasteiger partial charge in [0.05, 0.1) is 16.6 Å². The van der Waals surface area contributed by atoms with Crippen LogP contribution >= 0.6 is 0 Å². The van der Waals surface area contributed by atoms with Crippen molar-refractivity contribution in [2.75, 3.05) is 0 Å². The van der Waals surface area contributed by atoms with Crippen molar-refractivity contribution in [1.29, 1.82) is 0 Å². The van der Waals surface area contributed by atoms with Crippen LogP contribution in [0.5, 0.6) is 5.75 Å². The summed E-state index contributed by atoms with van der Waals surface area (Å²) >= 11 is 0. The second kappa shape index (κ2) is 4.91. The molecule has 25 heavy (non-hydrogen) atoms. The lowest BCUT2D eigenvalue weighted by atomic mass is 10.1. The van der Waals surface area contributed by atoms with Crippen LogP contribution in [0.4, 0.5) is 0 Å². The number of fused-ring (bicyclic) bond motifs is 3. The Kier molecular flexibility index (Phi) is 2.70. The maximum absolute atomic E-state index is 12.5. The third-order valence-corrected chi connectivity index (χ3v) is 4.31. The fourth-order valence-corrected chi connectivity index (χ4v) is 3.11. The van der Waals surface area contributed by atoms with Gasteiger partial charge >= 0.3 is 0 Å². The highest BCUT2D eigenvalue weighted by Crippen LogP contribution is 2.31. The molecule has 0 unspecified atom stereocenters. The van der Waals surface area contributed by atoms with Crippen molar-refractivity contribution in [3.05, 3.63) is 65.0 Å². The van der Waals surface area contributed by atoms with Crippen molar-refractivity contribution >= 4 is 33.0 Å². The van der Waals surface area contributed by atoms with E-state index in [-0.39, 0.29) is 11.3 Å². The van der Waals surface area contributed by atoms with Gasteiger partial charge in [-0.25, -0.2) is 9.97 Å². The molecule has 5 aromatic rings. The number of benzene rings is 2. The smallest absolute Gasteiger partial charge is 0.263 e. The van der Waals surface area contributed by atoms with Crippen molar-refractivity contribution in [3.63, 3.8) is 0 Å². The first kappa shape index (κ1) is 13.7. The largest absolute Gasteiger partial charge is 0.506 e. The maximum atomic E-state index is 12.5. The quantitative estimate of drug-likeness (QED) is 0.440. The molecule has 0 saturated heterocycles. The van der Waals surface area contributed by atoms with Crippen LogP contribution in [0.2, 0.25) is 0 Å². The summed E-state index contributed by atoms with van der Waals surface area (Å²) in [5, 5.41) is 12.1. The molecule has 0 saturated carbocycles. The normalized spacial score (nSPS) is 11.5. The Bertz CT molecular complexity index is 1280. The minimum atomic E-state index is -0.403. The first-order chi connectivity index (χ1) is 12.2. The molecule has 0 amide bonds. The van der Waals surface area contributed by atoms with Crippen molar-refractivity contribution in [1.82, 2.24) is 19.9 Å². The minimum absolute atomic E-state index is 0.0945. The molecule has 3 N–H and O–H groups in total. The number of hydrogen-bond acceptors (Lipinski definition) is 4.